The van der Waals surface area contributed by atoms with Gasteiger partial charge in [-0.1, -0.05) is 0 Å². The van der Waals surface area contributed by atoms with Crippen LogP contribution in [0.3, 0.4) is 0 Å². The van der Waals surface area contributed by atoms with Gasteiger partial charge in [0, 0.05) is 6.07 Å². The molecule has 0 radical (unpaired) electrons. The molecule has 1 N–H and O–H groups in total. The van der Waals surface area contributed by atoms with Gasteiger partial charge in [-0.05, 0) is 22.0 Å². The van der Waals surface area contributed by atoms with Crippen molar-refractivity contribution in [1.29, 1.82) is 0 Å². The zero-order valence-corrected chi connectivity index (χ0v) is 7.69. The molecule has 0 spiro atoms. The maximum absolute atomic E-state index is 12.6. The van der Waals surface area contributed by atoms with Crippen molar-refractivity contribution in [2.24, 2.45) is 0 Å². The van der Waals surface area contributed by atoms with E-state index in [1.807, 2.05) is 0 Å². The van der Waals surface area contributed by atoms with Gasteiger partial charge in [0.15, 0.2) is 11.6 Å². The summed E-state index contributed by atoms with van der Waals surface area (Å²) in [6.07, 6.45) is 0. The number of phenols is 1. The van der Waals surface area contributed by atoms with E-state index in [1.165, 1.54) is 0 Å². The topological polar surface area (TPSA) is 29.5 Å². The first-order chi connectivity index (χ1) is 6.00. The third-order valence-electron chi connectivity index (χ3n) is 1.22. The van der Waals surface area contributed by atoms with Crippen LogP contribution in [-0.2, 0) is 0 Å². The monoisotopic (exact) mass is 256 g/mol. The van der Waals surface area contributed by atoms with Crippen LogP contribution in [0.25, 0.3) is 0 Å². The molecule has 13 heavy (non-hydrogen) atoms. The second-order valence-electron chi connectivity index (χ2n) is 2.11. The Hall–Kier alpha value is -0.910. The van der Waals surface area contributed by atoms with E-state index in [4.69, 9.17) is 5.11 Å². The molecule has 1 aromatic rings. The van der Waals surface area contributed by atoms with Gasteiger partial charge in [0.1, 0.15) is 5.75 Å². The molecule has 1 rings (SSSR count). The lowest BCUT2D eigenvalue weighted by molar-refractivity contribution is -0.0504. The Morgan fingerprint density at radius 1 is 1.38 bits per heavy atom. The van der Waals surface area contributed by atoms with E-state index in [0.717, 1.165) is 12.1 Å². The third-order valence-corrected chi connectivity index (χ3v) is 1.84. The fourth-order valence-corrected chi connectivity index (χ4v) is 1.11. The molecule has 0 amide bonds. The summed E-state index contributed by atoms with van der Waals surface area (Å²) >= 11 is 2.80. The number of rotatable bonds is 2. The number of hydrogen-bond donors (Lipinski definition) is 1. The van der Waals surface area contributed by atoms with Crippen LogP contribution < -0.4 is 4.74 Å². The fraction of sp³-hybridized carbons (Fsp3) is 0.143. The van der Waals surface area contributed by atoms with Gasteiger partial charge in [-0.15, -0.1) is 0 Å². The highest BCUT2D eigenvalue weighted by atomic mass is 79.9. The minimum atomic E-state index is -3.01. The van der Waals surface area contributed by atoms with Crippen molar-refractivity contribution in [3.63, 3.8) is 0 Å². The van der Waals surface area contributed by atoms with Gasteiger partial charge in [0.05, 0.1) is 4.47 Å². The number of halogens is 4. The maximum atomic E-state index is 12.6. The summed E-state index contributed by atoms with van der Waals surface area (Å²) in [5.74, 6) is -1.96. The molecule has 0 fully saturated rings. The quantitative estimate of drug-likeness (QED) is 0.882. The van der Waals surface area contributed by atoms with E-state index in [9.17, 15) is 13.2 Å². The normalized spacial score (nSPS) is 10.5. The van der Waals surface area contributed by atoms with Crippen molar-refractivity contribution in [1.82, 2.24) is 0 Å². The molecule has 0 unspecified atom stereocenters. The number of aromatic hydroxyl groups is 1. The summed E-state index contributed by atoms with van der Waals surface area (Å²) in [6.45, 7) is -3.01. The molecule has 0 aliphatic rings. The Labute approximate surface area is 80.1 Å². The highest BCUT2D eigenvalue weighted by Crippen LogP contribution is 2.32. The first-order valence-corrected chi connectivity index (χ1v) is 3.93. The van der Waals surface area contributed by atoms with Crippen molar-refractivity contribution in [2.45, 2.75) is 6.61 Å². The summed E-state index contributed by atoms with van der Waals surface area (Å²) in [5.41, 5.74) is 0. The van der Waals surface area contributed by atoms with Crippen molar-refractivity contribution in [3.8, 4) is 11.5 Å². The van der Waals surface area contributed by atoms with Crippen molar-refractivity contribution >= 4 is 15.9 Å². The van der Waals surface area contributed by atoms with Gasteiger partial charge >= 0.3 is 6.61 Å². The molecule has 2 nitrogen and oxygen atoms in total. The van der Waals surface area contributed by atoms with Gasteiger partial charge in [-0.2, -0.15) is 8.78 Å². The molecular weight excluding hydrogens is 253 g/mol. The Morgan fingerprint density at radius 3 is 2.54 bits per heavy atom. The van der Waals surface area contributed by atoms with E-state index >= 15 is 0 Å². The van der Waals surface area contributed by atoms with E-state index in [-0.39, 0.29) is 10.2 Å². The van der Waals surface area contributed by atoms with Crippen molar-refractivity contribution < 1.29 is 23.0 Å². The van der Waals surface area contributed by atoms with Crippen LogP contribution in [0.1, 0.15) is 0 Å². The summed E-state index contributed by atoms with van der Waals surface area (Å²) in [7, 11) is 0. The molecule has 0 saturated carbocycles. The van der Waals surface area contributed by atoms with Crippen LogP contribution in [0.2, 0.25) is 0 Å². The fourth-order valence-electron chi connectivity index (χ4n) is 0.705. The zero-order valence-electron chi connectivity index (χ0n) is 6.10. The van der Waals surface area contributed by atoms with E-state index in [1.54, 1.807) is 0 Å². The van der Waals surface area contributed by atoms with Crippen LogP contribution >= 0.6 is 15.9 Å². The van der Waals surface area contributed by atoms with Crippen LogP contribution in [0.5, 0.6) is 11.5 Å². The minimum absolute atomic E-state index is 0.0168. The summed E-state index contributed by atoms with van der Waals surface area (Å²) in [4.78, 5) is 0. The number of hydrogen-bond acceptors (Lipinski definition) is 2. The predicted molar refractivity (Wildman–Crippen MR) is 42.4 cm³/mol. The van der Waals surface area contributed by atoms with Crippen LogP contribution in [0.15, 0.2) is 16.6 Å². The molecule has 0 heterocycles. The standard InChI is InChI=1S/C7H4BrF3O2/c8-3-1-4(9)5(12)2-6(3)13-7(10)11/h1-2,7,12H. The lowest BCUT2D eigenvalue weighted by atomic mass is 10.3. The molecule has 72 valence electrons. The summed E-state index contributed by atoms with van der Waals surface area (Å²) in [5, 5.41) is 8.82. The van der Waals surface area contributed by atoms with Crippen LogP contribution in [-0.4, -0.2) is 11.7 Å². The minimum Gasteiger partial charge on any atom is -0.505 e. The van der Waals surface area contributed by atoms with Crippen LogP contribution in [0.4, 0.5) is 13.2 Å². The Bertz CT molecular complexity index is 317. The number of phenolic OH excluding ortho intramolecular Hbond substituents is 1. The second kappa shape index (κ2) is 3.87. The first-order valence-electron chi connectivity index (χ1n) is 3.13. The molecule has 0 atom stereocenters. The van der Waals surface area contributed by atoms with Crippen molar-refractivity contribution in [2.75, 3.05) is 0 Å². The average Bonchev–Trinajstić information content (AvgIpc) is 1.99. The first kappa shape index (κ1) is 10.2. The van der Waals surface area contributed by atoms with Gasteiger partial charge in [-0.25, -0.2) is 4.39 Å². The van der Waals surface area contributed by atoms with Gasteiger partial charge in [0.25, 0.3) is 0 Å². The summed E-state index contributed by atoms with van der Waals surface area (Å²) < 4.78 is 40.0. The Morgan fingerprint density at radius 2 is 2.00 bits per heavy atom. The molecule has 0 aliphatic heterocycles. The largest absolute Gasteiger partial charge is 0.505 e. The highest BCUT2D eigenvalue weighted by Gasteiger charge is 2.12. The number of ether oxygens (including phenoxy) is 1. The Balaban J connectivity index is 3.01. The third kappa shape index (κ3) is 2.51. The van der Waals surface area contributed by atoms with Crippen LogP contribution in [0, 0.1) is 5.82 Å². The molecule has 6 heteroatoms. The van der Waals surface area contributed by atoms with Gasteiger partial charge in [0.2, 0.25) is 0 Å². The molecule has 0 saturated heterocycles. The smallest absolute Gasteiger partial charge is 0.387 e. The van der Waals surface area contributed by atoms with E-state index in [0.29, 0.717) is 0 Å². The molecule has 0 aliphatic carbocycles. The average molecular weight is 257 g/mol. The predicted octanol–water partition coefficient (Wildman–Crippen LogP) is 2.90. The molecular formula is C7H4BrF3O2. The second-order valence-corrected chi connectivity index (χ2v) is 2.97. The van der Waals surface area contributed by atoms with E-state index < -0.39 is 18.2 Å². The zero-order chi connectivity index (χ0) is 10.0. The lowest BCUT2D eigenvalue weighted by Gasteiger charge is -2.07. The SMILES string of the molecule is Oc1cc(OC(F)F)c(Br)cc1F. The molecule has 0 bridgehead atoms. The number of benzene rings is 1. The lowest BCUT2D eigenvalue weighted by Crippen LogP contribution is -2.02. The molecule has 0 aromatic heterocycles. The van der Waals surface area contributed by atoms with Gasteiger partial charge < -0.3 is 9.84 Å². The van der Waals surface area contributed by atoms with E-state index in [2.05, 4.69) is 20.7 Å². The number of alkyl halides is 2. The highest BCUT2D eigenvalue weighted by molar-refractivity contribution is 9.10. The van der Waals surface area contributed by atoms with Gasteiger partial charge in [-0.3, -0.25) is 0 Å². The maximum Gasteiger partial charge on any atom is 0.387 e. The summed E-state index contributed by atoms with van der Waals surface area (Å²) in [6, 6.07) is 1.61. The van der Waals surface area contributed by atoms with Crippen molar-refractivity contribution in [3.05, 3.63) is 22.4 Å². The Kier molecular flexibility index (Phi) is 3.02. The molecule has 1 aromatic carbocycles.